The number of carbonyl (C=O) groups is 1. The average Bonchev–Trinajstić information content (AvgIpc) is 3.26. The smallest absolute Gasteiger partial charge is 0.290 e. The minimum atomic E-state index is -0.256. The van der Waals surface area contributed by atoms with Gasteiger partial charge < -0.3 is 9.84 Å². The van der Waals surface area contributed by atoms with Crippen LogP contribution in [0.4, 0.5) is 0 Å². The van der Waals surface area contributed by atoms with E-state index in [1.807, 2.05) is 48.7 Å². The van der Waals surface area contributed by atoms with Crippen LogP contribution in [0.5, 0.6) is 0 Å². The predicted octanol–water partition coefficient (Wildman–Crippen LogP) is 4.86. The summed E-state index contributed by atoms with van der Waals surface area (Å²) >= 11 is 7.78. The number of nitrogens with one attached hydrogen (secondary N) is 1. The van der Waals surface area contributed by atoms with Crippen LogP contribution in [-0.4, -0.2) is 11.1 Å². The molecule has 1 atom stereocenters. The first-order valence-corrected chi connectivity index (χ1v) is 8.96. The van der Waals surface area contributed by atoms with E-state index in [2.05, 4.69) is 10.5 Å². The highest BCUT2D eigenvalue weighted by molar-refractivity contribution is 7.10. The second-order valence-electron chi connectivity index (χ2n) is 5.40. The molecule has 0 fully saturated rings. The molecule has 0 aliphatic carbocycles. The first-order chi connectivity index (χ1) is 11.7. The number of rotatable bonds is 6. The molecule has 0 aliphatic heterocycles. The maximum atomic E-state index is 12.4. The van der Waals surface area contributed by atoms with Gasteiger partial charge in [-0.15, -0.1) is 11.3 Å². The van der Waals surface area contributed by atoms with Crippen molar-refractivity contribution >= 4 is 28.8 Å². The molecule has 2 heterocycles. The van der Waals surface area contributed by atoms with Gasteiger partial charge in [-0.3, -0.25) is 4.79 Å². The third-order valence-corrected chi connectivity index (χ3v) is 5.07. The summed E-state index contributed by atoms with van der Waals surface area (Å²) < 4.78 is 5.20. The van der Waals surface area contributed by atoms with Gasteiger partial charge in [-0.2, -0.15) is 0 Å². The van der Waals surface area contributed by atoms with Gasteiger partial charge in [0.1, 0.15) is 0 Å². The third kappa shape index (κ3) is 3.86. The number of hydrogen-bond donors (Lipinski definition) is 1. The first kappa shape index (κ1) is 16.7. The second-order valence-corrected chi connectivity index (χ2v) is 6.79. The molecule has 1 aromatic carbocycles. The fourth-order valence-corrected chi connectivity index (χ4v) is 3.50. The van der Waals surface area contributed by atoms with Gasteiger partial charge >= 0.3 is 0 Å². The summed E-state index contributed by atoms with van der Waals surface area (Å²) in [7, 11) is 0. The number of amides is 1. The molecule has 0 bridgehead atoms. The van der Waals surface area contributed by atoms with Crippen LogP contribution in [0.15, 0.2) is 52.4 Å². The topological polar surface area (TPSA) is 55.1 Å². The molecule has 24 heavy (non-hydrogen) atoms. The highest BCUT2D eigenvalue weighted by Crippen LogP contribution is 2.23. The van der Waals surface area contributed by atoms with Crippen LogP contribution in [0.3, 0.4) is 0 Å². The largest absolute Gasteiger partial charge is 0.351 e. The number of benzene rings is 1. The van der Waals surface area contributed by atoms with E-state index in [9.17, 15) is 4.79 Å². The number of nitrogens with zero attached hydrogens (tertiary/aromatic N) is 1. The molecule has 0 aliphatic rings. The van der Waals surface area contributed by atoms with Crippen molar-refractivity contribution in [3.63, 3.8) is 0 Å². The van der Waals surface area contributed by atoms with E-state index in [-0.39, 0.29) is 17.7 Å². The van der Waals surface area contributed by atoms with Gasteiger partial charge in [-0.25, -0.2) is 0 Å². The Balaban J connectivity index is 1.68. The summed E-state index contributed by atoms with van der Waals surface area (Å²) in [6.07, 6.45) is 1.34. The lowest BCUT2D eigenvalue weighted by atomic mass is 10.1. The third-order valence-electron chi connectivity index (χ3n) is 3.71. The number of aromatic nitrogens is 1. The molecule has 0 unspecified atom stereocenters. The minimum Gasteiger partial charge on any atom is -0.351 e. The van der Waals surface area contributed by atoms with Crippen molar-refractivity contribution in [1.82, 2.24) is 10.5 Å². The number of halogens is 1. The van der Waals surface area contributed by atoms with Crippen LogP contribution in [0.25, 0.3) is 0 Å². The molecule has 4 nitrogen and oxygen atoms in total. The molecule has 124 valence electrons. The quantitative estimate of drug-likeness (QED) is 0.682. The van der Waals surface area contributed by atoms with Crippen molar-refractivity contribution in [2.75, 3.05) is 0 Å². The number of thiophene rings is 1. The Morgan fingerprint density at radius 2 is 2.17 bits per heavy atom. The number of carbonyl (C=O) groups excluding carboxylic acids is 1. The summed E-state index contributed by atoms with van der Waals surface area (Å²) in [5.41, 5.74) is 1.63. The van der Waals surface area contributed by atoms with E-state index in [0.717, 1.165) is 16.9 Å². The van der Waals surface area contributed by atoms with Gasteiger partial charge in [0.15, 0.2) is 0 Å². The van der Waals surface area contributed by atoms with Gasteiger partial charge in [0.25, 0.3) is 5.91 Å². The van der Waals surface area contributed by atoms with Gasteiger partial charge in [0.05, 0.1) is 11.7 Å². The molecule has 0 saturated carbocycles. The molecular weight excluding hydrogens is 344 g/mol. The van der Waals surface area contributed by atoms with Crippen molar-refractivity contribution in [3.05, 3.63) is 74.8 Å². The second kappa shape index (κ2) is 7.64. The van der Waals surface area contributed by atoms with Gasteiger partial charge in [-0.05, 0) is 29.5 Å². The van der Waals surface area contributed by atoms with Crippen LogP contribution in [-0.2, 0) is 6.42 Å². The molecule has 2 aromatic heterocycles. The van der Waals surface area contributed by atoms with E-state index in [1.54, 1.807) is 17.4 Å². The Labute approximate surface area is 149 Å². The van der Waals surface area contributed by atoms with Crippen molar-refractivity contribution in [1.29, 1.82) is 0 Å². The average molecular weight is 361 g/mol. The molecule has 1 N–H and O–H groups in total. The van der Waals surface area contributed by atoms with Gasteiger partial charge in [0.2, 0.25) is 5.76 Å². The van der Waals surface area contributed by atoms with Crippen LogP contribution < -0.4 is 5.32 Å². The lowest BCUT2D eigenvalue weighted by molar-refractivity contribution is 0.0899. The molecule has 0 saturated heterocycles. The zero-order valence-electron chi connectivity index (χ0n) is 13.2. The van der Waals surface area contributed by atoms with Crippen LogP contribution in [0.1, 0.15) is 46.1 Å². The van der Waals surface area contributed by atoms with Crippen molar-refractivity contribution in [2.24, 2.45) is 0 Å². The zero-order chi connectivity index (χ0) is 16.9. The SMILES string of the molecule is CC[C@@H](NC(=O)c1cc(Cc2ccccc2Cl)no1)c1cccs1. The summed E-state index contributed by atoms with van der Waals surface area (Å²) in [6, 6.07) is 13.2. The van der Waals surface area contributed by atoms with Gasteiger partial charge in [-0.1, -0.05) is 47.9 Å². The fourth-order valence-electron chi connectivity index (χ4n) is 2.43. The summed E-state index contributed by atoms with van der Waals surface area (Å²) in [4.78, 5) is 13.5. The van der Waals surface area contributed by atoms with Crippen LogP contribution >= 0.6 is 22.9 Å². The Bertz CT molecular complexity index is 814. The van der Waals surface area contributed by atoms with Crippen molar-refractivity contribution < 1.29 is 9.32 Å². The normalized spacial score (nSPS) is 12.1. The van der Waals surface area contributed by atoms with E-state index in [0.29, 0.717) is 17.1 Å². The first-order valence-electron chi connectivity index (χ1n) is 7.70. The maximum Gasteiger partial charge on any atom is 0.290 e. The van der Waals surface area contributed by atoms with E-state index in [4.69, 9.17) is 16.1 Å². The standard InChI is InChI=1S/C18H17ClN2O2S/c1-2-15(17-8-5-9-24-17)20-18(22)16-11-13(21-23-16)10-12-6-3-4-7-14(12)19/h3-9,11,15H,2,10H2,1H3,(H,20,22)/t15-/m1/s1. The predicted molar refractivity (Wildman–Crippen MR) is 95.6 cm³/mol. The summed E-state index contributed by atoms with van der Waals surface area (Å²) in [5.74, 6) is -0.0415. The molecular formula is C18H17ClN2O2S. The van der Waals surface area contributed by atoms with Crippen LogP contribution in [0.2, 0.25) is 5.02 Å². The Morgan fingerprint density at radius 3 is 2.88 bits per heavy atom. The zero-order valence-corrected chi connectivity index (χ0v) is 14.7. The molecule has 3 aromatic rings. The van der Waals surface area contributed by atoms with Crippen molar-refractivity contribution in [3.8, 4) is 0 Å². The Morgan fingerprint density at radius 1 is 1.33 bits per heavy atom. The maximum absolute atomic E-state index is 12.4. The molecule has 0 spiro atoms. The molecule has 6 heteroatoms. The van der Waals surface area contributed by atoms with E-state index >= 15 is 0 Å². The van der Waals surface area contributed by atoms with E-state index < -0.39 is 0 Å². The molecule has 1 amide bonds. The van der Waals surface area contributed by atoms with E-state index in [1.165, 1.54) is 0 Å². The van der Waals surface area contributed by atoms with Crippen molar-refractivity contribution in [2.45, 2.75) is 25.8 Å². The Kier molecular flexibility index (Phi) is 5.33. The molecule has 3 rings (SSSR count). The summed E-state index contributed by atoms with van der Waals surface area (Å²) in [5, 5.41) is 9.64. The van der Waals surface area contributed by atoms with Gasteiger partial charge in [0, 0.05) is 22.4 Å². The molecule has 0 radical (unpaired) electrons. The monoisotopic (exact) mass is 360 g/mol. The highest BCUT2D eigenvalue weighted by atomic mass is 35.5. The number of hydrogen-bond acceptors (Lipinski definition) is 4. The Hall–Kier alpha value is -2.11. The minimum absolute atomic E-state index is 0.0189. The highest BCUT2D eigenvalue weighted by Gasteiger charge is 2.19. The fraction of sp³-hybridized carbons (Fsp3) is 0.222. The lowest BCUT2D eigenvalue weighted by Gasteiger charge is -2.13. The summed E-state index contributed by atoms with van der Waals surface area (Å²) in [6.45, 7) is 2.04. The van der Waals surface area contributed by atoms with Crippen LogP contribution in [0, 0.1) is 0 Å². The lowest BCUT2D eigenvalue weighted by Crippen LogP contribution is -2.27.